The van der Waals surface area contributed by atoms with E-state index >= 15 is 0 Å². The van der Waals surface area contributed by atoms with Crippen molar-refractivity contribution < 1.29 is 32.0 Å². The number of rotatable bonds is 4. The molecule has 1 aromatic rings. The van der Waals surface area contributed by atoms with Gasteiger partial charge in [-0.2, -0.15) is 0 Å². The third kappa shape index (κ3) is 3.18. The molecule has 0 amide bonds. The fourth-order valence-corrected chi connectivity index (χ4v) is 1.15. The molecule has 0 spiro atoms. The minimum Gasteiger partial charge on any atom is -0.489 e. The minimum absolute atomic E-state index is 0.408. The van der Waals surface area contributed by atoms with Crippen LogP contribution in [0.3, 0.4) is 0 Å². The fourth-order valence-electron chi connectivity index (χ4n) is 1.15. The molecule has 100 valence electrons. The van der Waals surface area contributed by atoms with Gasteiger partial charge >= 0.3 is 12.2 Å². The van der Waals surface area contributed by atoms with E-state index in [4.69, 9.17) is 0 Å². The average Bonchev–Trinajstić information content (AvgIpc) is 2.25. The Balaban J connectivity index is 3.35. The van der Waals surface area contributed by atoms with Crippen molar-refractivity contribution >= 4 is 5.82 Å². The number of nitro groups is 1. The van der Waals surface area contributed by atoms with Crippen molar-refractivity contribution in [2.24, 2.45) is 0 Å². The zero-order chi connectivity index (χ0) is 13.9. The first-order valence-corrected chi connectivity index (χ1v) is 4.32. The van der Waals surface area contributed by atoms with E-state index in [0.29, 0.717) is 6.07 Å². The summed E-state index contributed by atoms with van der Waals surface area (Å²) in [5.41, 5.74) is -0.647. The molecule has 0 aliphatic heterocycles. The van der Waals surface area contributed by atoms with Crippen LogP contribution in [-0.2, 0) is 6.67 Å². The number of pyridine rings is 1. The Labute approximate surface area is 97.3 Å². The topological polar surface area (TPSA) is 74.5 Å². The van der Waals surface area contributed by atoms with Gasteiger partial charge in [-0.05, 0) is 9.91 Å². The zero-order valence-corrected chi connectivity index (χ0v) is 8.82. The summed E-state index contributed by atoms with van der Waals surface area (Å²) in [4.78, 5) is 12.6. The van der Waals surface area contributed by atoms with Crippen molar-refractivity contribution in [2.45, 2.75) is 13.0 Å². The molecule has 0 aromatic carbocycles. The average molecular weight is 270 g/mol. The number of alkyl halides is 4. The highest BCUT2D eigenvalue weighted by Crippen LogP contribution is 2.37. The van der Waals surface area contributed by atoms with E-state index in [-0.39, 0.29) is 0 Å². The lowest BCUT2D eigenvalue weighted by atomic mass is 10.3. The Morgan fingerprint density at radius 2 is 2.11 bits per heavy atom. The molecular weight excluding hydrogens is 264 g/mol. The van der Waals surface area contributed by atoms with Gasteiger partial charge in [0.2, 0.25) is 11.4 Å². The number of hydrogen-bond donors (Lipinski definition) is 0. The molecule has 0 saturated heterocycles. The smallest absolute Gasteiger partial charge is 0.489 e. The largest absolute Gasteiger partial charge is 0.573 e. The molecule has 6 nitrogen and oxygen atoms in total. The molecule has 0 radical (unpaired) electrons. The summed E-state index contributed by atoms with van der Waals surface area (Å²) in [5.74, 6) is -2.62. The van der Waals surface area contributed by atoms with Crippen LogP contribution in [0, 0.1) is 10.1 Å². The minimum atomic E-state index is -5.09. The molecule has 0 saturated carbocycles. The van der Waals surface area contributed by atoms with Crippen LogP contribution in [0.25, 0.3) is 0 Å². The summed E-state index contributed by atoms with van der Waals surface area (Å²) >= 11 is 0. The lowest BCUT2D eigenvalue weighted by Gasteiger charge is -2.12. The Bertz CT molecular complexity index is 463. The fraction of sp³-hybridized carbons (Fsp3) is 0.375. The second-order valence-corrected chi connectivity index (χ2v) is 2.90. The lowest BCUT2D eigenvalue weighted by molar-refractivity contribution is -0.389. The highest BCUT2D eigenvalue weighted by Gasteiger charge is 2.35. The van der Waals surface area contributed by atoms with Crippen molar-refractivity contribution in [3.8, 4) is 11.5 Å². The van der Waals surface area contributed by atoms with Gasteiger partial charge in [0.05, 0.1) is 13.2 Å². The first-order valence-electron chi connectivity index (χ1n) is 4.32. The van der Waals surface area contributed by atoms with Crippen LogP contribution in [0.1, 0.15) is 5.69 Å². The lowest BCUT2D eigenvalue weighted by Crippen LogP contribution is -2.18. The summed E-state index contributed by atoms with van der Waals surface area (Å²) in [6, 6.07) is 0.408. The van der Waals surface area contributed by atoms with Crippen molar-refractivity contribution in [1.82, 2.24) is 4.98 Å². The van der Waals surface area contributed by atoms with E-state index < -0.39 is 41.0 Å². The zero-order valence-electron chi connectivity index (χ0n) is 8.82. The summed E-state index contributed by atoms with van der Waals surface area (Å²) in [6.45, 7) is -1.33. The van der Waals surface area contributed by atoms with Gasteiger partial charge in [-0.25, -0.2) is 4.39 Å². The van der Waals surface area contributed by atoms with Crippen LogP contribution in [0.2, 0.25) is 0 Å². The van der Waals surface area contributed by atoms with E-state index in [1.807, 2.05) is 0 Å². The molecular formula is C8H6F4N2O4. The Hall–Kier alpha value is -2.13. The van der Waals surface area contributed by atoms with Gasteiger partial charge < -0.3 is 19.6 Å². The van der Waals surface area contributed by atoms with E-state index in [0.717, 1.165) is 7.11 Å². The second-order valence-electron chi connectivity index (χ2n) is 2.90. The molecule has 1 rings (SSSR count). The van der Waals surface area contributed by atoms with E-state index in [9.17, 15) is 27.7 Å². The summed E-state index contributed by atoms with van der Waals surface area (Å²) in [6.07, 6.45) is -5.09. The van der Waals surface area contributed by atoms with Crippen LogP contribution < -0.4 is 9.47 Å². The van der Waals surface area contributed by atoms with Gasteiger partial charge in [-0.3, -0.25) is 0 Å². The van der Waals surface area contributed by atoms with Gasteiger partial charge in [0.1, 0.15) is 0 Å². The van der Waals surface area contributed by atoms with E-state index in [1.54, 1.807) is 0 Å². The van der Waals surface area contributed by atoms with Gasteiger partial charge in [0.15, 0.2) is 12.4 Å². The maximum atomic E-state index is 12.5. The third-order valence-electron chi connectivity index (χ3n) is 1.74. The van der Waals surface area contributed by atoms with Crippen LogP contribution in [0.15, 0.2) is 6.07 Å². The molecule has 0 unspecified atom stereocenters. The maximum Gasteiger partial charge on any atom is 0.573 e. The molecule has 1 heterocycles. The number of methoxy groups -OCH3 is 1. The standard InChI is InChI=1S/C8H6F4N2O4/c1-17-7-4(3-9)13-6(14(15)16)2-5(7)18-8(10,11)12/h2H,3H2,1H3. The molecule has 0 fully saturated rings. The number of hydrogen-bond acceptors (Lipinski definition) is 5. The third-order valence-corrected chi connectivity index (χ3v) is 1.74. The molecule has 0 aliphatic carbocycles. The first-order chi connectivity index (χ1) is 8.28. The van der Waals surface area contributed by atoms with Gasteiger partial charge in [0, 0.05) is 0 Å². The Morgan fingerprint density at radius 1 is 1.50 bits per heavy atom. The Morgan fingerprint density at radius 3 is 2.50 bits per heavy atom. The quantitative estimate of drug-likeness (QED) is 0.477. The number of nitrogens with zero attached hydrogens (tertiary/aromatic N) is 2. The highest BCUT2D eigenvalue weighted by molar-refractivity contribution is 5.48. The molecule has 0 aliphatic rings. The Kier molecular flexibility index (Phi) is 3.89. The predicted octanol–water partition coefficient (Wildman–Crippen LogP) is 2.37. The van der Waals surface area contributed by atoms with Crippen LogP contribution in [0.5, 0.6) is 11.5 Å². The molecule has 1 aromatic heterocycles. The molecule has 0 atom stereocenters. The number of halogens is 4. The van der Waals surface area contributed by atoms with Crippen LogP contribution >= 0.6 is 0 Å². The van der Waals surface area contributed by atoms with E-state index in [1.165, 1.54) is 0 Å². The van der Waals surface area contributed by atoms with Crippen LogP contribution in [-0.4, -0.2) is 23.4 Å². The summed E-state index contributed by atoms with van der Waals surface area (Å²) in [7, 11) is 0.964. The summed E-state index contributed by atoms with van der Waals surface area (Å²) in [5, 5.41) is 10.4. The number of ether oxygens (including phenoxy) is 2. The van der Waals surface area contributed by atoms with Crippen molar-refractivity contribution in [3.63, 3.8) is 0 Å². The molecule has 10 heteroatoms. The van der Waals surface area contributed by atoms with Crippen molar-refractivity contribution in [3.05, 3.63) is 21.9 Å². The van der Waals surface area contributed by atoms with Crippen molar-refractivity contribution in [2.75, 3.05) is 7.11 Å². The first kappa shape index (κ1) is 13.9. The van der Waals surface area contributed by atoms with Gasteiger partial charge in [0.25, 0.3) is 0 Å². The predicted molar refractivity (Wildman–Crippen MR) is 48.9 cm³/mol. The maximum absolute atomic E-state index is 12.5. The van der Waals surface area contributed by atoms with Crippen LogP contribution in [0.4, 0.5) is 23.4 Å². The SMILES string of the molecule is COc1c(OC(F)(F)F)cc([N+](=O)[O-])nc1CF. The van der Waals surface area contributed by atoms with E-state index in [2.05, 4.69) is 14.5 Å². The normalized spacial score (nSPS) is 11.2. The van der Waals surface area contributed by atoms with Crippen molar-refractivity contribution in [1.29, 1.82) is 0 Å². The number of aromatic nitrogens is 1. The second kappa shape index (κ2) is 5.02. The summed E-state index contributed by atoms with van der Waals surface area (Å²) < 4.78 is 56.7. The highest BCUT2D eigenvalue weighted by atomic mass is 19.4. The van der Waals surface area contributed by atoms with Gasteiger partial charge in [-0.15, -0.1) is 13.2 Å². The molecule has 0 bridgehead atoms. The monoisotopic (exact) mass is 270 g/mol. The molecule has 18 heavy (non-hydrogen) atoms. The van der Waals surface area contributed by atoms with Gasteiger partial charge in [-0.1, -0.05) is 0 Å². The molecule has 0 N–H and O–H groups in total.